The zero-order chi connectivity index (χ0) is 29.8. The van der Waals surface area contributed by atoms with Crippen LogP contribution in [0.2, 0.25) is 4.34 Å². The summed E-state index contributed by atoms with van der Waals surface area (Å²) in [5.41, 5.74) is 0. The van der Waals surface area contributed by atoms with Crippen molar-refractivity contribution in [2.75, 3.05) is 64.4 Å². The average molecular weight is 650 g/mol. The highest BCUT2D eigenvalue weighted by Gasteiger charge is 2.36. The molecule has 0 radical (unpaired) electrons. The van der Waals surface area contributed by atoms with Gasteiger partial charge in [0.2, 0.25) is 27.7 Å². The van der Waals surface area contributed by atoms with Gasteiger partial charge in [-0.05, 0) is 43.9 Å². The van der Waals surface area contributed by atoms with E-state index in [-0.39, 0.29) is 24.4 Å². The van der Waals surface area contributed by atoms with Gasteiger partial charge in [0.15, 0.2) is 9.84 Å². The van der Waals surface area contributed by atoms with Gasteiger partial charge < -0.3 is 14.7 Å². The van der Waals surface area contributed by atoms with Crippen molar-refractivity contribution in [2.45, 2.75) is 37.8 Å². The number of nitrogens with zero attached hydrogens (tertiary/aromatic N) is 4. The lowest BCUT2D eigenvalue weighted by molar-refractivity contribution is -0.143. The number of nitrogens with one attached hydrogen (secondary N) is 1. The van der Waals surface area contributed by atoms with Crippen molar-refractivity contribution in [3.05, 3.63) is 26.8 Å². The minimum absolute atomic E-state index is 0.0224. The molecule has 0 saturated carbocycles. The molecular weight excluding hydrogens is 614 g/mol. The van der Waals surface area contributed by atoms with Crippen LogP contribution in [0.25, 0.3) is 6.08 Å². The average Bonchev–Trinajstić information content (AvgIpc) is 3.53. The zero-order valence-electron chi connectivity index (χ0n) is 22.9. The number of hydrogen-bond acceptors (Lipinski definition) is 9. The number of sulfonamides is 1. The van der Waals surface area contributed by atoms with Crippen LogP contribution in [0.5, 0.6) is 0 Å². The van der Waals surface area contributed by atoms with E-state index in [2.05, 4.69) is 9.62 Å². The van der Waals surface area contributed by atoms with Gasteiger partial charge in [-0.3, -0.25) is 19.3 Å². The zero-order valence-corrected chi connectivity index (χ0v) is 26.1. The van der Waals surface area contributed by atoms with Crippen molar-refractivity contribution < 1.29 is 31.2 Å². The van der Waals surface area contributed by atoms with Crippen molar-refractivity contribution in [2.24, 2.45) is 0 Å². The smallest absolute Gasteiger partial charge is 0.242 e. The van der Waals surface area contributed by atoms with E-state index in [1.807, 2.05) is 0 Å². The quantitative estimate of drug-likeness (QED) is 0.385. The molecular formula is C25H36ClN5O7S3. The predicted molar refractivity (Wildman–Crippen MR) is 157 cm³/mol. The topological polar surface area (TPSA) is 144 Å². The monoisotopic (exact) mass is 649 g/mol. The minimum Gasteiger partial charge on any atom is -0.339 e. The Labute approximate surface area is 250 Å². The van der Waals surface area contributed by atoms with Gasteiger partial charge in [-0.1, -0.05) is 11.6 Å². The molecule has 228 valence electrons. The number of amides is 3. The first-order valence-corrected chi connectivity index (χ1v) is 18.3. The second-order valence-electron chi connectivity index (χ2n) is 10.7. The SMILES string of the molecule is CS(=O)(=O)CC(=O)N1CCN(CC2CCCN2C(=O)CN2CCCC(NS(=O)(=O)/C=C/c3ccc(Cl)s3)C2=O)CC1. The summed E-state index contributed by atoms with van der Waals surface area (Å²) in [6.45, 7) is 3.56. The van der Waals surface area contributed by atoms with Gasteiger partial charge in [0.25, 0.3) is 0 Å². The molecule has 0 aliphatic carbocycles. The molecule has 3 fully saturated rings. The van der Waals surface area contributed by atoms with Gasteiger partial charge in [-0.15, -0.1) is 11.3 Å². The van der Waals surface area contributed by atoms with Crippen LogP contribution < -0.4 is 4.72 Å². The van der Waals surface area contributed by atoms with Gasteiger partial charge in [-0.2, -0.15) is 4.72 Å². The van der Waals surface area contributed by atoms with E-state index in [0.717, 1.165) is 24.5 Å². The maximum atomic E-state index is 13.3. The standard InChI is InChI=1S/C25H36ClN5O7S3/c1-40(35,36)18-24(33)29-13-11-28(12-14-29)16-19-4-2-10-31(19)23(32)17-30-9-3-5-21(25(30)34)27-41(37,38)15-8-20-6-7-22(26)39-20/h6-8,15,19,21,27H,2-5,9-14,16-18H2,1H3/b15-8+. The molecule has 1 N–H and O–H groups in total. The molecule has 2 atom stereocenters. The molecule has 41 heavy (non-hydrogen) atoms. The van der Waals surface area contributed by atoms with Crippen LogP contribution >= 0.6 is 22.9 Å². The van der Waals surface area contributed by atoms with Gasteiger partial charge in [0.05, 0.1) is 10.9 Å². The fourth-order valence-electron chi connectivity index (χ4n) is 5.42. The van der Waals surface area contributed by atoms with Crippen LogP contribution in [0.3, 0.4) is 0 Å². The number of carbonyl (C=O) groups excluding carboxylic acids is 3. The number of halogens is 1. The maximum absolute atomic E-state index is 13.3. The van der Waals surface area contributed by atoms with Crippen molar-refractivity contribution in [3.63, 3.8) is 0 Å². The summed E-state index contributed by atoms with van der Waals surface area (Å²) < 4.78 is 51.1. The number of sulfone groups is 1. The lowest BCUT2D eigenvalue weighted by Gasteiger charge is -2.38. The number of carbonyl (C=O) groups is 3. The number of thiophene rings is 1. The molecule has 2 unspecified atom stereocenters. The molecule has 0 bridgehead atoms. The summed E-state index contributed by atoms with van der Waals surface area (Å²) in [6.07, 6.45) is 5.08. The molecule has 12 nitrogen and oxygen atoms in total. The molecule has 3 aliphatic heterocycles. The van der Waals surface area contributed by atoms with Crippen LogP contribution in [-0.2, 0) is 34.2 Å². The van der Waals surface area contributed by atoms with Crippen LogP contribution in [0, 0.1) is 0 Å². The third kappa shape index (κ3) is 9.22. The summed E-state index contributed by atoms with van der Waals surface area (Å²) in [6, 6.07) is 2.41. The lowest BCUT2D eigenvalue weighted by atomic mass is 10.1. The minimum atomic E-state index is -3.88. The number of hydrogen-bond donors (Lipinski definition) is 1. The van der Waals surface area contributed by atoms with Gasteiger partial charge in [0.1, 0.15) is 11.8 Å². The summed E-state index contributed by atoms with van der Waals surface area (Å²) in [4.78, 5) is 46.3. The molecule has 3 aliphatic rings. The van der Waals surface area contributed by atoms with Crippen molar-refractivity contribution in [1.82, 2.24) is 24.3 Å². The first-order chi connectivity index (χ1) is 19.3. The summed E-state index contributed by atoms with van der Waals surface area (Å²) >= 11 is 7.13. The summed E-state index contributed by atoms with van der Waals surface area (Å²) in [5.74, 6) is -1.46. The third-order valence-electron chi connectivity index (χ3n) is 7.45. The Balaban J connectivity index is 1.27. The van der Waals surface area contributed by atoms with Crippen LogP contribution in [0.1, 0.15) is 30.6 Å². The van der Waals surface area contributed by atoms with E-state index in [4.69, 9.17) is 11.6 Å². The van der Waals surface area contributed by atoms with E-state index in [9.17, 15) is 31.2 Å². The molecule has 1 aromatic rings. The fraction of sp³-hybridized carbons (Fsp3) is 0.640. The van der Waals surface area contributed by atoms with E-state index in [1.54, 1.807) is 21.9 Å². The molecule has 0 aromatic carbocycles. The van der Waals surface area contributed by atoms with Crippen molar-refractivity contribution in [3.8, 4) is 0 Å². The Kier molecular flexibility index (Phi) is 10.5. The third-order valence-corrected chi connectivity index (χ3v) is 10.5. The van der Waals surface area contributed by atoms with Crippen LogP contribution in [0.4, 0.5) is 0 Å². The Morgan fingerprint density at radius 2 is 1.73 bits per heavy atom. The number of likely N-dealkylation sites (tertiary alicyclic amines) is 2. The second-order valence-corrected chi connectivity index (χ2v) is 16.2. The van der Waals surface area contributed by atoms with Crippen molar-refractivity contribution in [1.29, 1.82) is 0 Å². The largest absolute Gasteiger partial charge is 0.339 e. The Morgan fingerprint density at radius 3 is 2.39 bits per heavy atom. The Morgan fingerprint density at radius 1 is 1.02 bits per heavy atom. The van der Waals surface area contributed by atoms with Gasteiger partial charge >= 0.3 is 0 Å². The second kappa shape index (κ2) is 13.5. The van der Waals surface area contributed by atoms with Crippen molar-refractivity contribution >= 4 is 66.6 Å². The Bertz CT molecular complexity index is 1370. The lowest BCUT2D eigenvalue weighted by Crippen LogP contribution is -2.56. The highest BCUT2D eigenvalue weighted by atomic mass is 35.5. The summed E-state index contributed by atoms with van der Waals surface area (Å²) in [7, 11) is -7.26. The summed E-state index contributed by atoms with van der Waals surface area (Å²) in [5, 5.41) is 1.02. The molecule has 1 aromatic heterocycles. The predicted octanol–water partition coefficient (Wildman–Crippen LogP) is 0.462. The first kappa shape index (κ1) is 31.9. The molecule has 4 rings (SSSR count). The van der Waals surface area contributed by atoms with Crippen LogP contribution in [0.15, 0.2) is 17.5 Å². The fourth-order valence-corrected chi connectivity index (χ4v) is 8.12. The van der Waals surface area contributed by atoms with Gasteiger partial charge in [-0.25, -0.2) is 16.8 Å². The molecule has 3 saturated heterocycles. The Hall–Kier alpha value is -2.04. The normalized spacial score (nSPS) is 23.1. The molecule has 4 heterocycles. The highest BCUT2D eigenvalue weighted by Crippen LogP contribution is 2.23. The van der Waals surface area contributed by atoms with Gasteiger partial charge in [0, 0.05) is 68.4 Å². The van der Waals surface area contributed by atoms with E-state index in [1.165, 1.54) is 22.3 Å². The van der Waals surface area contributed by atoms with E-state index >= 15 is 0 Å². The maximum Gasteiger partial charge on any atom is 0.242 e. The van der Waals surface area contributed by atoms with E-state index < -0.39 is 37.6 Å². The number of piperazine rings is 1. The van der Waals surface area contributed by atoms with E-state index in [0.29, 0.717) is 67.9 Å². The molecule has 16 heteroatoms. The molecule has 3 amide bonds. The first-order valence-electron chi connectivity index (χ1n) is 13.5. The molecule has 0 spiro atoms. The highest BCUT2D eigenvalue weighted by molar-refractivity contribution is 7.92. The number of rotatable bonds is 10. The van der Waals surface area contributed by atoms with Crippen LogP contribution in [-0.4, -0.2) is 131 Å². The number of piperidine rings is 1.